The molecule has 3 rings (SSSR count). The van der Waals surface area contributed by atoms with Gasteiger partial charge in [0, 0.05) is 11.5 Å². The molecule has 1 unspecified atom stereocenters. The quantitative estimate of drug-likeness (QED) is 0.807. The Kier molecular flexibility index (Phi) is 2.24. The molecule has 4 heteroatoms. The predicted molar refractivity (Wildman–Crippen MR) is 65.6 cm³/mol. The van der Waals surface area contributed by atoms with Crippen LogP contribution >= 0.6 is 0 Å². The summed E-state index contributed by atoms with van der Waals surface area (Å²) in [5, 5.41) is 12.8. The number of nitrogens with zero attached hydrogens (tertiary/aromatic N) is 3. The van der Waals surface area contributed by atoms with Crippen molar-refractivity contribution in [2.24, 2.45) is 5.41 Å². The van der Waals surface area contributed by atoms with Crippen molar-refractivity contribution in [1.82, 2.24) is 10.1 Å². The molecule has 18 heavy (non-hydrogen) atoms. The van der Waals surface area contributed by atoms with Crippen LogP contribution in [0, 0.1) is 16.7 Å². The Labute approximate surface area is 105 Å². The Hall–Kier alpha value is -2.15. The van der Waals surface area contributed by atoms with Gasteiger partial charge in [-0.25, -0.2) is 0 Å². The smallest absolute Gasteiger partial charge is 0.257 e. The third-order valence-corrected chi connectivity index (χ3v) is 3.53. The Morgan fingerprint density at radius 2 is 2.00 bits per heavy atom. The molecular weight excluding hydrogens is 226 g/mol. The van der Waals surface area contributed by atoms with Gasteiger partial charge in [0.2, 0.25) is 0 Å². The molecule has 0 radical (unpaired) electrons. The second kappa shape index (κ2) is 3.67. The minimum absolute atomic E-state index is 0.297. The van der Waals surface area contributed by atoms with Crippen LogP contribution in [0.4, 0.5) is 0 Å². The van der Waals surface area contributed by atoms with Gasteiger partial charge in [0.15, 0.2) is 5.82 Å². The fourth-order valence-corrected chi connectivity index (χ4v) is 2.09. The summed E-state index contributed by atoms with van der Waals surface area (Å²) in [5.41, 5.74) is 1.78. The molecule has 0 bridgehead atoms. The number of benzene rings is 1. The first-order valence-electron chi connectivity index (χ1n) is 5.94. The Morgan fingerprint density at radius 1 is 1.33 bits per heavy atom. The van der Waals surface area contributed by atoms with Gasteiger partial charge in [-0.1, -0.05) is 19.0 Å². The van der Waals surface area contributed by atoms with Crippen LogP contribution in [-0.2, 0) is 0 Å². The van der Waals surface area contributed by atoms with E-state index < -0.39 is 0 Å². The van der Waals surface area contributed by atoms with Gasteiger partial charge in [0.05, 0.1) is 11.6 Å². The largest absolute Gasteiger partial charge is 0.334 e. The van der Waals surface area contributed by atoms with Crippen LogP contribution in [0.2, 0.25) is 0 Å². The maximum absolute atomic E-state index is 8.74. The summed E-state index contributed by atoms with van der Waals surface area (Å²) in [5.74, 6) is 1.73. The molecule has 1 aromatic carbocycles. The van der Waals surface area contributed by atoms with Crippen molar-refractivity contribution < 1.29 is 4.52 Å². The average molecular weight is 239 g/mol. The van der Waals surface area contributed by atoms with Crippen LogP contribution in [0.5, 0.6) is 0 Å². The first-order valence-corrected chi connectivity index (χ1v) is 5.94. The second-order valence-corrected chi connectivity index (χ2v) is 5.39. The third-order valence-electron chi connectivity index (χ3n) is 3.53. The number of hydrogen-bond acceptors (Lipinski definition) is 4. The first kappa shape index (κ1) is 11.0. The number of nitriles is 1. The summed E-state index contributed by atoms with van der Waals surface area (Å²) in [6.07, 6.45) is 1.11. The van der Waals surface area contributed by atoms with Crippen LogP contribution in [0.3, 0.4) is 0 Å². The molecule has 0 spiro atoms. The molecule has 1 aromatic heterocycles. The maximum atomic E-state index is 8.74. The molecule has 1 atom stereocenters. The first-order chi connectivity index (χ1) is 8.60. The van der Waals surface area contributed by atoms with E-state index in [1.807, 2.05) is 12.1 Å². The van der Waals surface area contributed by atoms with Crippen molar-refractivity contribution in [1.29, 1.82) is 5.26 Å². The van der Waals surface area contributed by atoms with Crippen LogP contribution in [0.15, 0.2) is 28.8 Å². The van der Waals surface area contributed by atoms with Gasteiger partial charge in [0.1, 0.15) is 0 Å². The van der Waals surface area contributed by atoms with Gasteiger partial charge in [-0.3, -0.25) is 0 Å². The van der Waals surface area contributed by atoms with Gasteiger partial charge < -0.3 is 4.52 Å². The van der Waals surface area contributed by atoms with E-state index in [1.54, 1.807) is 12.1 Å². The van der Waals surface area contributed by atoms with E-state index in [0.29, 0.717) is 22.8 Å². The Morgan fingerprint density at radius 3 is 2.56 bits per heavy atom. The van der Waals surface area contributed by atoms with E-state index in [0.717, 1.165) is 17.8 Å². The topological polar surface area (TPSA) is 62.7 Å². The lowest BCUT2D eigenvalue weighted by molar-refractivity contribution is 0.419. The predicted octanol–water partition coefficient (Wildman–Crippen LogP) is 3.12. The average Bonchev–Trinajstić information content (AvgIpc) is 2.80. The zero-order valence-electron chi connectivity index (χ0n) is 10.3. The highest BCUT2D eigenvalue weighted by Crippen LogP contribution is 2.57. The lowest BCUT2D eigenvalue weighted by atomic mass is 10.1. The molecule has 90 valence electrons. The fourth-order valence-electron chi connectivity index (χ4n) is 2.09. The third kappa shape index (κ3) is 1.78. The van der Waals surface area contributed by atoms with Crippen molar-refractivity contribution >= 4 is 0 Å². The van der Waals surface area contributed by atoms with Crippen molar-refractivity contribution in [2.75, 3.05) is 0 Å². The summed E-state index contributed by atoms with van der Waals surface area (Å²) in [6, 6.07) is 9.24. The summed E-state index contributed by atoms with van der Waals surface area (Å²) >= 11 is 0. The number of aromatic nitrogens is 2. The second-order valence-electron chi connectivity index (χ2n) is 5.39. The molecule has 1 aliphatic carbocycles. The fraction of sp³-hybridized carbons (Fsp3) is 0.357. The molecule has 4 nitrogen and oxygen atoms in total. The number of hydrogen-bond donors (Lipinski definition) is 0. The summed E-state index contributed by atoms with van der Waals surface area (Å²) < 4.78 is 5.27. The maximum Gasteiger partial charge on any atom is 0.257 e. The van der Waals surface area contributed by atoms with Gasteiger partial charge in [-0.15, -0.1) is 0 Å². The number of rotatable bonds is 2. The molecule has 1 fully saturated rings. The van der Waals surface area contributed by atoms with Gasteiger partial charge in [0.25, 0.3) is 5.89 Å². The molecule has 0 aliphatic heterocycles. The van der Waals surface area contributed by atoms with Crippen LogP contribution in [-0.4, -0.2) is 10.1 Å². The lowest BCUT2D eigenvalue weighted by Crippen LogP contribution is -1.91. The molecular formula is C14H13N3O. The van der Waals surface area contributed by atoms with Crippen molar-refractivity contribution in [3.8, 4) is 17.5 Å². The molecule has 0 amide bonds. The lowest BCUT2D eigenvalue weighted by Gasteiger charge is -1.96. The van der Waals surface area contributed by atoms with Crippen LogP contribution in [0.1, 0.15) is 37.6 Å². The van der Waals surface area contributed by atoms with Gasteiger partial charge >= 0.3 is 0 Å². The van der Waals surface area contributed by atoms with Crippen molar-refractivity contribution in [3.63, 3.8) is 0 Å². The van der Waals surface area contributed by atoms with Gasteiger partial charge in [-0.05, 0) is 36.1 Å². The zero-order chi connectivity index (χ0) is 12.8. The molecule has 1 heterocycles. The molecule has 1 aliphatic rings. The summed E-state index contributed by atoms with van der Waals surface area (Å²) in [7, 11) is 0. The minimum Gasteiger partial charge on any atom is -0.334 e. The highest BCUT2D eigenvalue weighted by Gasteiger charge is 2.49. The molecule has 0 saturated heterocycles. The highest BCUT2D eigenvalue weighted by molar-refractivity contribution is 5.54. The van der Waals surface area contributed by atoms with Crippen molar-refractivity contribution in [3.05, 3.63) is 35.7 Å². The summed E-state index contributed by atoms with van der Waals surface area (Å²) in [4.78, 5) is 4.43. The standard InChI is InChI=1S/C14H13N3O/c1-14(2)7-11(14)12-16-13(18-17-12)10-5-3-9(8-15)4-6-10/h3-6,11H,7H2,1-2H3. The Bertz CT molecular complexity index is 619. The Balaban J connectivity index is 1.87. The van der Waals surface area contributed by atoms with Crippen LogP contribution in [0.25, 0.3) is 11.5 Å². The van der Waals surface area contributed by atoms with Gasteiger partial charge in [-0.2, -0.15) is 10.2 Å². The molecule has 1 saturated carbocycles. The van der Waals surface area contributed by atoms with E-state index in [1.165, 1.54) is 0 Å². The van der Waals surface area contributed by atoms with E-state index in [4.69, 9.17) is 9.78 Å². The highest BCUT2D eigenvalue weighted by atomic mass is 16.5. The molecule has 0 N–H and O–H groups in total. The monoisotopic (exact) mass is 239 g/mol. The summed E-state index contributed by atoms with van der Waals surface area (Å²) in [6.45, 7) is 4.41. The van der Waals surface area contributed by atoms with E-state index in [-0.39, 0.29) is 0 Å². The SMILES string of the molecule is CC1(C)CC1c1noc(-c2ccc(C#N)cc2)n1. The van der Waals surface area contributed by atoms with Crippen molar-refractivity contribution in [2.45, 2.75) is 26.2 Å². The normalized spacial score (nSPS) is 20.4. The zero-order valence-corrected chi connectivity index (χ0v) is 10.3. The van der Waals surface area contributed by atoms with Crippen LogP contribution < -0.4 is 0 Å². The van der Waals surface area contributed by atoms with E-state index >= 15 is 0 Å². The van der Waals surface area contributed by atoms with E-state index in [2.05, 4.69) is 30.1 Å². The minimum atomic E-state index is 0.297. The molecule has 2 aromatic rings. The van der Waals surface area contributed by atoms with E-state index in [9.17, 15) is 0 Å².